The molecule has 24 heavy (non-hydrogen) atoms. The van der Waals surface area contributed by atoms with Crippen LogP contribution >= 0.6 is 0 Å². The van der Waals surface area contributed by atoms with E-state index in [1.165, 1.54) is 0 Å². The third-order valence-corrected chi connectivity index (χ3v) is 4.61. The molecule has 0 saturated carbocycles. The number of amides is 1. The molecule has 0 aliphatic carbocycles. The standard InChI is InChI=1S/C20H24N2O2/c1-15-6-2-4-8-18(15)20(24)21-19-9-5-3-7-16(19)14-22-12-10-17(23)11-13-22/h2-9,17,23H,10-14H2,1H3,(H,21,24). The van der Waals surface area contributed by atoms with Crippen molar-refractivity contribution in [2.45, 2.75) is 32.4 Å². The average molecular weight is 324 g/mol. The summed E-state index contributed by atoms with van der Waals surface area (Å²) in [6.07, 6.45) is 1.47. The molecule has 1 fully saturated rings. The molecule has 0 radical (unpaired) electrons. The Morgan fingerprint density at radius 2 is 1.79 bits per heavy atom. The number of aliphatic hydroxyl groups excluding tert-OH is 1. The second-order valence-electron chi connectivity index (χ2n) is 6.43. The zero-order valence-corrected chi connectivity index (χ0v) is 14.0. The van der Waals surface area contributed by atoms with Crippen molar-refractivity contribution < 1.29 is 9.90 Å². The molecule has 4 nitrogen and oxygen atoms in total. The maximum absolute atomic E-state index is 12.6. The van der Waals surface area contributed by atoms with E-state index < -0.39 is 0 Å². The number of nitrogens with one attached hydrogen (secondary N) is 1. The lowest BCUT2D eigenvalue weighted by atomic mass is 10.1. The molecule has 0 atom stereocenters. The second kappa shape index (κ2) is 7.60. The van der Waals surface area contributed by atoms with Crippen molar-refractivity contribution in [1.82, 2.24) is 4.90 Å². The number of carbonyl (C=O) groups is 1. The molecule has 1 amide bonds. The van der Waals surface area contributed by atoms with Gasteiger partial charge in [0, 0.05) is 30.9 Å². The van der Waals surface area contributed by atoms with E-state index in [1.54, 1.807) is 0 Å². The van der Waals surface area contributed by atoms with Gasteiger partial charge in [0.1, 0.15) is 0 Å². The van der Waals surface area contributed by atoms with E-state index in [-0.39, 0.29) is 12.0 Å². The largest absolute Gasteiger partial charge is 0.393 e. The minimum Gasteiger partial charge on any atom is -0.393 e. The van der Waals surface area contributed by atoms with E-state index >= 15 is 0 Å². The highest BCUT2D eigenvalue weighted by Gasteiger charge is 2.18. The molecule has 1 aliphatic rings. The molecular formula is C20H24N2O2. The predicted molar refractivity (Wildman–Crippen MR) is 96.1 cm³/mol. The molecule has 4 heteroatoms. The molecule has 0 bridgehead atoms. The molecule has 1 saturated heterocycles. The summed E-state index contributed by atoms with van der Waals surface area (Å²) >= 11 is 0. The summed E-state index contributed by atoms with van der Waals surface area (Å²) < 4.78 is 0. The van der Waals surface area contributed by atoms with Gasteiger partial charge in [-0.3, -0.25) is 9.69 Å². The minimum absolute atomic E-state index is 0.0744. The number of aliphatic hydroxyl groups is 1. The summed E-state index contributed by atoms with van der Waals surface area (Å²) in [4.78, 5) is 14.9. The average Bonchev–Trinajstić information content (AvgIpc) is 2.59. The number of aryl methyl sites for hydroxylation is 1. The Kier molecular flexibility index (Phi) is 5.28. The summed E-state index contributed by atoms with van der Waals surface area (Å²) in [5, 5.41) is 12.7. The van der Waals surface area contributed by atoms with Crippen LogP contribution in [0.5, 0.6) is 0 Å². The fraction of sp³-hybridized carbons (Fsp3) is 0.350. The van der Waals surface area contributed by atoms with Crippen molar-refractivity contribution in [3.05, 3.63) is 65.2 Å². The molecule has 1 aliphatic heterocycles. The lowest BCUT2D eigenvalue weighted by molar-refractivity contribution is 0.0793. The highest BCUT2D eigenvalue weighted by molar-refractivity contribution is 6.05. The van der Waals surface area contributed by atoms with Gasteiger partial charge in [0.05, 0.1) is 6.10 Å². The summed E-state index contributed by atoms with van der Waals surface area (Å²) in [7, 11) is 0. The second-order valence-corrected chi connectivity index (χ2v) is 6.43. The van der Waals surface area contributed by atoms with Crippen LogP contribution in [0.4, 0.5) is 5.69 Å². The van der Waals surface area contributed by atoms with Crippen molar-refractivity contribution in [2.24, 2.45) is 0 Å². The summed E-state index contributed by atoms with van der Waals surface area (Å²) in [5.41, 5.74) is 3.64. The number of para-hydroxylation sites is 1. The number of hydrogen-bond acceptors (Lipinski definition) is 3. The zero-order chi connectivity index (χ0) is 16.9. The van der Waals surface area contributed by atoms with Crippen LogP contribution in [0.2, 0.25) is 0 Å². The summed E-state index contributed by atoms with van der Waals surface area (Å²) in [6, 6.07) is 15.5. The number of piperidine rings is 1. The van der Waals surface area contributed by atoms with Gasteiger partial charge in [0.25, 0.3) is 5.91 Å². The minimum atomic E-state index is -0.169. The number of rotatable bonds is 4. The molecule has 2 aromatic rings. The van der Waals surface area contributed by atoms with Crippen LogP contribution in [-0.4, -0.2) is 35.1 Å². The van der Waals surface area contributed by atoms with Crippen molar-refractivity contribution in [3.63, 3.8) is 0 Å². The predicted octanol–water partition coefficient (Wildman–Crippen LogP) is 3.20. The fourth-order valence-electron chi connectivity index (χ4n) is 3.12. The smallest absolute Gasteiger partial charge is 0.255 e. The van der Waals surface area contributed by atoms with Crippen molar-refractivity contribution >= 4 is 11.6 Å². The molecule has 1 heterocycles. The van der Waals surface area contributed by atoms with Crippen LogP contribution in [0.15, 0.2) is 48.5 Å². The van der Waals surface area contributed by atoms with Crippen molar-refractivity contribution in [3.8, 4) is 0 Å². The Hall–Kier alpha value is -2.17. The van der Waals surface area contributed by atoms with Gasteiger partial charge in [-0.15, -0.1) is 0 Å². The third kappa shape index (κ3) is 4.02. The van der Waals surface area contributed by atoms with E-state index in [0.717, 1.165) is 49.3 Å². The van der Waals surface area contributed by atoms with E-state index in [4.69, 9.17) is 0 Å². The van der Waals surface area contributed by atoms with Crippen LogP contribution in [0.25, 0.3) is 0 Å². The lowest BCUT2D eigenvalue weighted by Gasteiger charge is -2.30. The Balaban J connectivity index is 1.72. The SMILES string of the molecule is Cc1ccccc1C(=O)Nc1ccccc1CN1CCC(O)CC1. The highest BCUT2D eigenvalue weighted by Crippen LogP contribution is 2.21. The molecular weight excluding hydrogens is 300 g/mol. The first-order valence-electron chi connectivity index (χ1n) is 8.49. The van der Waals surface area contributed by atoms with Crippen molar-refractivity contribution in [1.29, 1.82) is 0 Å². The van der Waals surface area contributed by atoms with Gasteiger partial charge in [-0.2, -0.15) is 0 Å². The Morgan fingerprint density at radius 1 is 1.12 bits per heavy atom. The molecule has 0 unspecified atom stereocenters. The summed E-state index contributed by atoms with van der Waals surface area (Å²) in [6.45, 7) is 4.51. The van der Waals surface area contributed by atoms with E-state index in [9.17, 15) is 9.90 Å². The number of likely N-dealkylation sites (tertiary alicyclic amines) is 1. The first kappa shape index (κ1) is 16.7. The molecule has 126 valence electrons. The van der Waals surface area contributed by atoms with E-state index in [0.29, 0.717) is 5.56 Å². The third-order valence-electron chi connectivity index (χ3n) is 4.61. The Bertz CT molecular complexity index is 706. The topological polar surface area (TPSA) is 52.6 Å². The number of nitrogens with zero attached hydrogens (tertiary/aromatic N) is 1. The van der Waals surface area contributed by atoms with Crippen LogP contribution < -0.4 is 5.32 Å². The number of anilines is 1. The maximum atomic E-state index is 12.6. The van der Waals surface area contributed by atoms with Gasteiger partial charge in [0.15, 0.2) is 0 Å². The van der Waals surface area contributed by atoms with Gasteiger partial charge in [-0.1, -0.05) is 36.4 Å². The molecule has 0 spiro atoms. The normalized spacial score (nSPS) is 16.1. The van der Waals surface area contributed by atoms with Crippen LogP contribution in [-0.2, 0) is 6.54 Å². The number of hydrogen-bond donors (Lipinski definition) is 2. The van der Waals surface area contributed by atoms with Gasteiger partial charge in [-0.05, 0) is 43.0 Å². The van der Waals surface area contributed by atoms with Gasteiger partial charge >= 0.3 is 0 Å². The van der Waals surface area contributed by atoms with Gasteiger partial charge < -0.3 is 10.4 Å². The molecule has 2 aromatic carbocycles. The van der Waals surface area contributed by atoms with Crippen molar-refractivity contribution in [2.75, 3.05) is 18.4 Å². The zero-order valence-electron chi connectivity index (χ0n) is 14.0. The highest BCUT2D eigenvalue weighted by atomic mass is 16.3. The van der Waals surface area contributed by atoms with Gasteiger partial charge in [-0.25, -0.2) is 0 Å². The first-order chi connectivity index (χ1) is 11.6. The Labute approximate surface area is 143 Å². The monoisotopic (exact) mass is 324 g/mol. The van der Waals surface area contributed by atoms with E-state index in [2.05, 4.69) is 16.3 Å². The Morgan fingerprint density at radius 3 is 2.54 bits per heavy atom. The van der Waals surface area contributed by atoms with Gasteiger partial charge in [0.2, 0.25) is 0 Å². The number of carbonyl (C=O) groups excluding carboxylic acids is 1. The molecule has 2 N–H and O–H groups in total. The van der Waals surface area contributed by atoms with Crippen LogP contribution in [0.3, 0.4) is 0 Å². The number of benzene rings is 2. The quantitative estimate of drug-likeness (QED) is 0.908. The molecule has 0 aromatic heterocycles. The van der Waals surface area contributed by atoms with E-state index in [1.807, 2.05) is 49.4 Å². The maximum Gasteiger partial charge on any atom is 0.255 e. The first-order valence-corrected chi connectivity index (χ1v) is 8.49. The summed E-state index contributed by atoms with van der Waals surface area (Å²) in [5.74, 6) is -0.0744. The fourth-order valence-corrected chi connectivity index (χ4v) is 3.12. The van der Waals surface area contributed by atoms with Crippen LogP contribution in [0, 0.1) is 6.92 Å². The van der Waals surface area contributed by atoms with Crippen LogP contribution in [0.1, 0.15) is 34.3 Å². The lowest BCUT2D eigenvalue weighted by Crippen LogP contribution is -2.35. The molecule has 3 rings (SSSR count).